The molecule has 2 aliphatic rings. The van der Waals surface area contributed by atoms with E-state index in [1.54, 1.807) is 12.1 Å². The zero-order chi connectivity index (χ0) is 13.4. The van der Waals surface area contributed by atoms with E-state index in [1.165, 1.54) is 0 Å². The summed E-state index contributed by atoms with van der Waals surface area (Å²) in [6, 6.07) is 8.99. The van der Waals surface area contributed by atoms with Crippen molar-refractivity contribution in [3.63, 3.8) is 0 Å². The number of hydrogen-bond donors (Lipinski definition) is 2. The molecule has 0 aromatic heterocycles. The largest absolute Gasteiger partial charge is 0.436 e. The molecule has 96 valence electrons. The number of carbonyl (C=O) groups is 1. The second-order valence-corrected chi connectivity index (χ2v) is 4.03. The third-order valence-electron chi connectivity index (χ3n) is 2.79. The first kappa shape index (κ1) is 11.4. The van der Waals surface area contributed by atoms with Gasteiger partial charge in [-0.05, 0) is 12.1 Å². The topological polar surface area (TPSA) is 103 Å². The number of rotatable bonds is 2. The van der Waals surface area contributed by atoms with Gasteiger partial charge in [0.05, 0.1) is 0 Å². The number of carbonyl (C=O) groups excluding carboxylic acids is 1. The first-order valence-corrected chi connectivity index (χ1v) is 5.58. The van der Waals surface area contributed by atoms with Crippen LogP contribution < -0.4 is 16.8 Å². The average Bonchev–Trinajstić information content (AvgIpc) is 2.72. The zero-order valence-electron chi connectivity index (χ0n) is 9.79. The molecule has 1 aromatic rings. The summed E-state index contributed by atoms with van der Waals surface area (Å²) >= 11 is 0. The van der Waals surface area contributed by atoms with E-state index in [-0.39, 0.29) is 18.0 Å². The number of aromatic nitrogens is 2. The molecular formula is C12H10N4O3. The van der Waals surface area contributed by atoms with Crippen molar-refractivity contribution in [3.05, 3.63) is 40.7 Å². The predicted molar refractivity (Wildman–Crippen MR) is 67.2 cm³/mol. The highest BCUT2D eigenvalue weighted by Crippen LogP contribution is 2.23. The molecule has 0 saturated carbocycles. The number of para-hydroxylation sites is 1. The number of benzene rings is 1. The first-order valence-electron chi connectivity index (χ1n) is 5.58. The van der Waals surface area contributed by atoms with E-state index in [0.29, 0.717) is 11.1 Å². The maximum atomic E-state index is 12.0. The third kappa shape index (κ3) is 1.85. The van der Waals surface area contributed by atoms with Crippen molar-refractivity contribution >= 4 is 16.9 Å². The molecule has 3 N–H and O–H groups in total. The second-order valence-electron chi connectivity index (χ2n) is 4.03. The summed E-state index contributed by atoms with van der Waals surface area (Å²) in [5.41, 5.74) is 2.53. The summed E-state index contributed by atoms with van der Waals surface area (Å²) in [4.78, 5) is 23.2. The summed E-state index contributed by atoms with van der Waals surface area (Å²) in [6.45, 7) is -0.240. The van der Waals surface area contributed by atoms with Gasteiger partial charge in [0.15, 0.2) is 0 Å². The van der Waals surface area contributed by atoms with Gasteiger partial charge in [-0.15, -0.1) is 5.10 Å². The van der Waals surface area contributed by atoms with Crippen LogP contribution in [0.4, 0.5) is 0 Å². The minimum Gasteiger partial charge on any atom is -0.436 e. The molecule has 0 unspecified atom stereocenters. The van der Waals surface area contributed by atoms with E-state index in [2.05, 4.69) is 5.10 Å². The van der Waals surface area contributed by atoms with Gasteiger partial charge >= 0.3 is 0 Å². The molecule has 0 spiro atoms. The fourth-order valence-electron chi connectivity index (χ4n) is 1.88. The highest BCUT2D eigenvalue weighted by Gasteiger charge is 2.19. The van der Waals surface area contributed by atoms with Crippen molar-refractivity contribution in [3.8, 4) is 11.5 Å². The monoisotopic (exact) mass is 258 g/mol. The molecule has 7 heteroatoms. The summed E-state index contributed by atoms with van der Waals surface area (Å²) in [5, 5.41) is 4.77. The minimum atomic E-state index is -0.505. The lowest BCUT2D eigenvalue weighted by Crippen LogP contribution is -2.35. The maximum Gasteiger partial charge on any atom is 0.280 e. The number of nitrogens with zero attached hydrogens (tertiary/aromatic N) is 2. The quantitative estimate of drug-likeness (QED) is 0.385. The third-order valence-corrected chi connectivity index (χ3v) is 2.79. The highest BCUT2D eigenvalue weighted by molar-refractivity contribution is 5.82. The summed E-state index contributed by atoms with van der Waals surface area (Å²) in [6.07, 6.45) is 0. The van der Waals surface area contributed by atoms with Crippen LogP contribution in [0.5, 0.6) is 0 Å². The Morgan fingerprint density at radius 1 is 1.42 bits per heavy atom. The van der Waals surface area contributed by atoms with Crippen LogP contribution in [0.25, 0.3) is 22.4 Å². The lowest BCUT2D eigenvalue weighted by Gasteiger charge is -1.98. The van der Waals surface area contributed by atoms with Crippen molar-refractivity contribution in [2.75, 3.05) is 0 Å². The molecule has 2 heterocycles. The van der Waals surface area contributed by atoms with Crippen LogP contribution >= 0.6 is 0 Å². The van der Waals surface area contributed by atoms with Gasteiger partial charge in [-0.25, -0.2) is 10.5 Å². The molecule has 0 saturated heterocycles. The van der Waals surface area contributed by atoms with Crippen molar-refractivity contribution in [2.24, 2.45) is 5.84 Å². The SMILES string of the molecule is NNC(=O)Cn1nc2oc3ccccc3cc-2c1=O. The Bertz CT molecular complexity index is 789. The van der Waals surface area contributed by atoms with Crippen LogP contribution in [0, 0.1) is 0 Å². The molecule has 0 aliphatic carbocycles. The van der Waals surface area contributed by atoms with E-state index >= 15 is 0 Å². The molecule has 0 radical (unpaired) electrons. The van der Waals surface area contributed by atoms with Crippen molar-refractivity contribution < 1.29 is 9.21 Å². The van der Waals surface area contributed by atoms with Crippen LogP contribution in [0.15, 0.2) is 39.5 Å². The lowest BCUT2D eigenvalue weighted by molar-refractivity contribution is -0.121. The number of fused-ring (bicyclic) bond motifs is 2. The number of hydrazine groups is 1. The predicted octanol–water partition coefficient (Wildman–Crippen LogP) is 0.0842. The van der Waals surface area contributed by atoms with E-state index < -0.39 is 5.91 Å². The highest BCUT2D eigenvalue weighted by atomic mass is 16.3. The second kappa shape index (κ2) is 4.21. The Morgan fingerprint density at radius 3 is 3.00 bits per heavy atom. The molecule has 0 bridgehead atoms. The van der Waals surface area contributed by atoms with Crippen LogP contribution in [0.1, 0.15) is 0 Å². The van der Waals surface area contributed by atoms with Crippen LogP contribution in [-0.4, -0.2) is 15.7 Å². The molecule has 0 atom stereocenters. The van der Waals surface area contributed by atoms with Crippen molar-refractivity contribution in [1.29, 1.82) is 0 Å². The number of hydrogen-bond acceptors (Lipinski definition) is 5. The standard InChI is InChI=1S/C12H10N4O3/c13-14-10(17)6-16-12(18)8-5-7-3-1-2-4-9(7)19-11(8)15-16/h1-5H,6,13H2,(H,14,17). The first-order chi connectivity index (χ1) is 9.19. The summed E-state index contributed by atoms with van der Waals surface area (Å²) in [7, 11) is 0. The van der Waals surface area contributed by atoms with E-state index in [4.69, 9.17) is 10.3 Å². The van der Waals surface area contributed by atoms with Gasteiger partial charge in [0.1, 0.15) is 17.7 Å². The Kier molecular flexibility index (Phi) is 2.53. The minimum absolute atomic E-state index is 0.202. The molecule has 2 aliphatic heterocycles. The van der Waals surface area contributed by atoms with Crippen molar-refractivity contribution in [2.45, 2.75) is 6.54 Å². The average molecular weight is 258 g/mol. The van der Waals surface area contributed by atoms with Gasteiger partial charge in [0, 0.05) is 5.39 Å². The molecule has 7 nitrogen and oxygen atoms in total. The Balaban J connectivity index is 2.20. The van der Waals surface area contributed by atoms with Crippen LogP contribution in [0.2, 0.25) is 0 Å². The lowest BCUT2D eigenvalue weighted by atomic mass is 10.2. The Morgan fingerprint density at radius 2 is 2.21 bits per heavy atom. The fraction of sp³-hybridized carbons (Fsp3) is 0.0833. The maximum absolute atomic E-state index is 12.0. The molecule has 19 heavy (non-hydrogen) atoms. The molecule has 1 amide bonds. The van der Waals surface area contributed by atoms with Gasteiger partial charge in [-0.2, -0.15) is 0 Å². The summed E-state index contributed by atoms with van der Waals surface area (Å²) in [5.74, 6) is 4.68. The molecule has 1 aromatic carbocycles. The van der Waals surface area contributed by atoms with Crippen LogP contribution in [-0.2, 0) is 11.3 Å². The normalized spacial score (nSPS) is 11.0. The Hall–Kier alpha value is -2.67. The fourth-order valence-corrected chi connectivity index (χ4v) is 1.88. The van der Waals surface area contributed by atoms with E-state index in [0.717, 1.165) is 10.1 Å². The number of amides is 1. The number of nitrogens with one attached hydrogen (secondary N) is 1. The summed E-state index contributed by atoms with van der Waals surface area (Å²) < 4.78 is 6.55. The van der Waals surface area contributed by atoms with E-state index in [1.807, 2.05) is 23.6 Å². The smallest absolute Gasteiger partial charge is 0.280 e. The molecule has 3 rings (SSSR count). The van der Waals surface area contributed by atoms with Gasteiger partial charge in [0.25, 0.3) is 11.5 Å². The number of nitrogens with two attached hydrogens (primary N) is 1. The van der Waals surface area contributed by atoms with Gasteiger partial charge < -0.3 is 4.42 Å². The van der Waals surface area contributed by atoms with E-state index in [9.17, 15) is 9.59 Å². The zero-order valence-corrected chi connectivity index (χ0v) is 9.79. The Labute approximate surface area is 106 Å². The van der Waals surface area contributed by atoms with Crippen LogP contribution in [0.3, 0.4) is 0 Å². The molecular weight excluding hydrogens is 248 g/mol. The van der Waals surface area contributed by atoms with Gasteiger partial charge in [0.2, 0.25) is 5.89 Å². The van der Waals surface area contributed by atoms with Gasteiger partial charge in [-0.3, -0.25) is 15.0 Å². The van der Waals surface area contributed by atoms with Gasteiger partial charge in [-0.1, -0.05) is 18.2 Å². The van der Waals surface area contributed by atoms with Crippen molar-refractivity contribution in [1.82, 2.24) is 15.2 Å². The molecule has 0 fully saturated rings.